The number of hydrogen-bond acceptors (Lipinski definition) is 3. The zero-order valence-electron chi connectivity index (χ0n) is 10.4. The molecule has 0 saturated carbocycles. The van der Waals surface area contributed by atoms with Crippen molar-refractivity contribution < 1.29 is 9.53 Å². The average molecular weight is 256 g/mol. The third-order valence-corrected chi connectivity index (χ3v) is 2.59. The van der Waals surface area contributed by atoms with Crippen LogP contribution in [0.5, 0.6) is 0 Å². The fraction of sp³-hybridized carbons (Fsp3) is 0.462. The van der Waals surface area contributed by atoms with Crippen molar-refractivity contribution in [1.29, 1.82) is 0 Å². The van der Waals surface area contributed by atoms with Gasteiger partial charge in [0.05, 0.1) is 6.61 Å². The van der Waals surface area contributed by atoms with Crippen LogP contribution in [-0.2, 0) is 9.53 Å². The highest BCUT2D eigenvalue weighted by atomic mass is 35.5. The number of hydrogen-bond donors (Lipinski definition) is 1. The van der Waals surface area contributed by atoms with Crippen LogP contribution in [0, 0.1) is 5.92 Å². The second-order valence-electron chi connectivity index (χ2n) is 4.13. The van der Waals surface area contributed by atoms with Crippen LogP contribution < -0.4 is 5.32 Å². The molecular formula is C13H18ClNO2. The van der Waals surface area contributed by atoms with Gasteiger partial charge in [0.2, 0.25) is 0 Å². The van der Waals surface area contributed by atoms with E-state index in [0.717, 1.165) is 5.69 Å². The van der Waals surface area contributed by atoms with Crippen LogP contribution >= 0.6 is 11.6 Å². The van der Waals surface area contributed by atoms with Crippen molar-refractivity contribution in [2.75, 3.05) is 11.9 Å². The number of carbonyl (C=O) groups is 1. The van der Waals surface area contributed by atoms with E-state index in [1.807, 2.05) is 26.0 Å². The molecule has 3 nitrogen and oxygen atoms in total. The van der Waals surface area contributed by atoms with Crippen molar-refractivity contribution in [2.45, 2.75) is 26.8 Å². The maximum atomic E-state index is 11.8. The Kier molecular flexibility index (Phi) is 5.29. The Morgan fingerprint density at radius 2 is 2.18 bits per heavy atom. The van der Waals surface area contributed by atoms with Gasteiger partial charge in [0.1, 0.15) is 6.04 Å². The van der Waals surface area contributed by atoms with Gasteiger partial charge in [0, 0.05) is 10.7 Å². The van der Waals surface area contributed by atoms with Crippen LogP contribution in [0.4, 0.5) is 5.69 Å². The van der Waals surface area contributed by atoms with E-state index in [2.05, 4.69) is 5.32 Å². The summed E-state index contributed by atoms with van der Waals surface area (Å²) in [6, 6.07) is 6.94. The second kappa shape index (κ2) is 6.50. The first-order valence-electron chi connectivity index (χ1n) is 5.73. The molecule has 94 valence electrons. The molecule has 1 atom stereocenters. The van der Waals surface area contributed by atoms with Gasteiger partial charge in [-0.25, -0.2) is 4.79 Å². The van der Waals surface area contributed by atoms with Crippen LogP contribution in [0.3, 0.4) is 0 Å². The largest absolute Gasteiger partial charge is 0.464 e. The Morgan fingerprint density at radius 1 is 1.47 bits per heavy atom. The third kappa shape index (κ3) is 4.27. The Hall–Kier alpha value is -1.22. The van der Waals surface area contributed by atoms with Crippen molar-refractivity contribution in [2.24, 2.45) is 5.92 Å². The summed E-state index contributed by atoms with van der Waals surface area (Å²) in [5, 5.41) is 3.79. The fourth-order valence-electron chi connectivity index (χ4n) is 1.49. The minimum absolute atomic E-state index is 0.146. The number of halogens is 1. The van der Waals surface area contributed by atoms with E-state index in [1.165, 1.54) is 0 Å². The average Bonchev–Trinajstić information content (AvgIpc) is 2.26. The maximum absolute atomic E-state index is 11.8. The molecule has 0 aromatic heterocycles. The van der Waals surface area contributed by atoms with Crippen molar-refractivity contribution >= 4 is 23.3 Å². The summed E-state index contributed by atoms with van der Waals surface area (Å²) in [6.45, 7) is 6.13. The molecule has 0 aliphatic rings. The first-order valence-corrected chi connectivity index (χ1v) is 6.11. The zero-order valence-corrected chi connectivity index (χ0v) is 11.1. The van der Waals surface area contributed by atoms with Crippen LogP contribution in [-0.4, -0.2) is 18.6 Å². The first kappa shape index (κ1) is 13.8. The lowest BCUT2D eigenvalue weighted by atomic mass is 10.0. The van der Waals surface area contributed by atoms with Crippen molar-refractivity contribution in [1.82, 2.24) is 0 Å². The van der Waals surface area contributed by atoms with E-state index in [1.54, 1.807) is 19.1 Å². The van der Waals surface area contributed by atoms with Gasteiger partial charge < -0.3 is 10.1 Å². The quantitative estimate of drug-likeness (QED) is 0.820. The minimum atomic E-state index is -0.353. The zero-order chi connectivity index (χ0) is 12.8. The highest BCUT2D eigenvalue weighted by molar-refractivity contribution is 6.30. The lowest BCUT2D eigenvalue weighted by Crippen LogP contribution is -2.36. The topological polar surface area (TPSA) is 38.3 Å². The number of esters is 1. The number of benzene rings is 1. The minimum Gasteiger partial charge on any atom is -0.464 e. The molecule has 1 aromatic rings. The van der Waals surface area contributed by atoms with E-state index in [9.17, 15) is 4.79 Å². The summed E-state index contributed by atoms with van der Waals surface area (Å²) < 4.78 is 5.03. The number of rotatable bonds is 5. The Bertz CT molecular complexity index is 379. The Labute approximate surface area is 107 Å². The van der Waals surface area contributed by atoms with E-state index in [-0.39, 0.29) is 17.9 Å². The fourth-order valence-corrected chi connectivity index (χ4v) is 1.68. The molecule has 0 heterocycles. The van der Waals surface area contributed by atoms with Crippen LogP contribution in [0.25, 0.3) is 0 Å². The number of carbonyl (C=O) groups excluding carboxylic acids is 1. The summed E-state index contributed by atoms with van der Waals surface area (Å²) >= 11 is 5.89. The molecule has 1 unspecified atom stereocenters. The predicted molar refractivity (Wildman–Crippen MR) is 70.3 cm³/mol. The molecule has 1 aromatic carbocycles. The summed E-state index contributed by atoms with van der Waals surface area (Å²) in [4.78, 5) is 11.8. The molecule has 0 fully saturated rings. The van der Waals surface area contributed by atoms with Gasteiger partial charge in [0.15, 0.2) is 0 Å². The molecule has 0 amide bonds. The molecule has 4 heteroatoms. The molecule has 0 aliphatic carbocycles. The monoisotopic (exact) mass is 255 g/mol. The smallest absolute Gasteiger partial charge is 0.328 e. The van der Waals surface area contributed by atoms with E-state index in [4.69, 9.17) is 16.3 Å². The maximum Gasteiger partial charge on any atom is 0.328 e. The van der Waals surface area contributed by atoms with Crippen molar-refractivity contribution in [3.05, 3.63) is 29.3 Å². The summed E-state index contributed by atoms with van der Waals surface area (Å²) in [6.07, 6.45) is 0. The molecule has 0 spiro atoms. The molecule has 0 saturated heterocycles. The van der Waals surface area contributed by atoms with Gasteiger partial charge in [-0.05, 0) is 31.0 Å². The van der Waals surface area contributed by atoms with Gasteiger partial charge in [-0.2, -0.15) is 0 Å². The van der Waals surface area contributed by atoms with E-state index in [0.29, 0.717) is 11.6 Å². The standard InChI is InChI=1S/C13H18ClNO2/c1-4-17-13(16)12(9(2)3)15-11-7-5-6-10(14)8-11/h5-9,12,15H,4H2,1-3H3. The van der Waals surface area contributed by atoms with Crippen LogP contribution in [0.15, 0.2) is 24.3 Å². The molecule has 17 heavy (non-hydrogen) atoms. The summed E-state index contributed by atoms with van der Waals surface area (Å²) in [5.74, 6) is -0.0875. The lowest BCUT2D eigenvalue weighted by molar-refractivity contribution is -0.145. The van der Waals surface area contributed by atoms with Gasteiger partial charge >= 0.3 is 5.97 Å². The Morgan fingerprint density at radius 3 is 2.71 bits per heavy atom. The highest BCUT2D eigenvalue weighted by Crippen LogP contribution is 2.18. The Balaban J connectivity index is 2.76. The van der Waals surface area contributed by atoms with Crippen molar-refractivity contribution in [3.63, 3.8) is 0 Å². The molecule has 0 radical (unpaired) electrons. The summed E-state index contributed by atoms with van der Waals surface area (Å²) in [7, 11) is 0. The number of ether oxygens (including phenoxy) is 1. The molecular weight excluding hydrogens is 238 g/mol. The molecule has 1 N–H and O–H groups in total. The van der Waals surface area contributed by atoms with Gasteiger partial charge in [-0.1, -0.05) is 31.5 Å². The predicted octanol–water partition coefficient (Wildman–Crippen LogP) is 3.34. The summed E-state index contributed by atoms with van der Waals surface area (Å²) in [5.41, 5.74) is 0.823. The molecule has 1 rings (SSSR count). The van der Waals surface area contributed by atoms with E-state index < -0.39 is 0 Å². The highest BCUT2D eigenvalue weighted by Gasteiger charge is 2.23. The number of anilines is 1. The second-order valence-corrected chi connectivity index (χ2v) is 4.56. The van der Waals surface area contributed by atoms with Gasteiger partial charge in [-0.3, -0.25) is 0 Å². The first-order chi connectivity index (χ1) is 8.04. The lowest BCUT2D eigenvalue weighted by Gasteiger charge is -2.21. The van der Waals surface area contributed by atoms with Gasteiger partial charge in [-0.15, -0.1) is 0 Å². The van der Waals surface area contributed by atoms with Crippen LogP contribution in [0.1, 0.15) is 20.8 Å². The van der Waals surface area contributed by atoms with Gasteiger partial charge in [0.25, 0.3) is 0 Å². The van der Waals surface area contributed by atoms with Crippen LogP contribution in [0.2, 0.25) is 5.02 Å². The molecule has 0 aliphatic heterocycles. The normalized spacial score (nSPS) is 12.3. The van der Waals surface area contributed by atoms with Crippen molar-refractivity contribution in [3.8, 4) is 0 Å². The number of nitrogens with one attached hydrogen (secondary N) is 1. The SMILES string of the molecule is CCOC(=O)C(Nc1cccc(Cl)c1)C(C)C. The molecule has 0 bridgehead atoms. The van der Waals surface area contributed by atoms with E-state index >= 15 is 0 Å². The third-order valence-electron chi connectivity index (χ3n) is 2.35.